The highest BCUT2D eigenvalue weighted by Crippen LogP contribution is 2.28. The summed E-state index contributed by atoms with van der Waals surface area (Å²) in [7, 11) is 0. The van der Waals surface area contributed by atoms with Gasteiger partial charge < -0.3 is 14.8 Å². The van der Waals surface area contributed by atoms with Crippen LogP contribution in [0.1, 0.15) is 21.7 Å². The number of nitrogens with zero attached hydrogens (tertiary/aromatic N) is 1. The molecule has 0 bridgehead atoms. The summed E-state index contributed by atoms with van der Waals surface area (Å²) in [6, 6.07) is 17.0. The number of amides is 1. The molecule has 1 heterocycles. The van der Waals surface area contributed by atoms with Crippen molar-refractivity contribution in [1.82, 2.24) is 0 Å². The predicted molar refractivity (Wildman–Crippen MR) is 112 cm³/mol. The van der Waals surface area contributed by atoms with Gasteiger partial charge in [-0.25, -0.2) is 4.79 Å². The van der Waals surface area contributed by atoms with Gasteiger partial charge in [0, 0.05) is 21.8 Å². The fourth-order valence-electron chi connectivity index (χ4n) is 2.73. The second kappa shape index (κ2) is 8.59. The van der Waals surface area contributed by atoms with Crippen molar-refractivity contribution in [3.05, 3.63) is 81.5 Å². The van der Waals surface area contributed by atoms with E-state index < -0.39 is 11.9 Å². The number of carbonyl (C=O) groups excluding carboxylic acids is 1. The maximum absolute atomic E-state index is 12.4. The van der Waals surface area contributed by atoms with Gasteiger partial charge in [-0.3, -0.25) is 4.79 Å². The first-order valence-electron chi connectivity index (χ1n) is 8.51. The van der Waals surface area contributed by atoms with Crippen molar-refractivity contribution in [2.45, 2.75) is 6.92 Å². The van der Waals surface area contributed by atoms with Crippen molar-refractivity contribution in [2.24, 2.45) is 0 Å². The Hall–Kier alpha value is -3.63. The van der Waals surface area contributed by atoms with Crippen molar-refractivity contribution in [2.75, 3.05) is 5.32 Å². The molecule has 2 N–H and O–H groups in total. The molecule has 1 amide bonds. The molecule has 2 aromatic carbocycles. The first-order chi connectivity index (χ1) is 13.9. The highest BCUT2D eigenvalue weighted by molar-refractivity contribution is 9.10. The lowest BCUT2D eigenvalue weighted by Crippen LogP contribution is -2.13. The molecule has 0 fully saturated rings. The molecule has 0 radical (unpaired) electrons. The molecule has 0 aliphatic heterocycles. The number of furan rings is 1. The first-order valence-corrected chi connectivity index (χ1v) is 9.30. The zero-order valence-electron chi connectivity index (χ0n) is 15.3. The van der Waals surface area contributed by atoms with Crippen LogP contribution in [0.5, 0.6) is 0 Å². The van der Waals surface area contributed by atoms with E-state index in [1.165, 1.54) is 12.1 Å². The van der Waals surface area contributed by atoms with Gasteiger partial charge in [0.1, 0.15) is 23.2 Å². The minimum absolute atomic E-state index is 0.121. The van der Waals surface area contributed by atoms with Crippen LogP contribution in [0, 0.1) is 18.3 Å². The van der Waals surface area contributed by atoms with Crippen LogP contribution in [0.25, 0.3) is 17.4 Å². The van der Waals surface area contributed by atoms with Crippen LogP contribution in [0.3, 0.4) is 0 Å². The molecule has 1 aromatic heterocycles. The molecule has 0 saturated heterocycles. The van der Waals surface area contributed by atoms with Gasteiger partial charge in [-0.2, -0.15) is 5.26 Å². The summed E-state index contributed by atoms with van der Waals surface area (Å²) in [5, 5.41) is 21.3. The number of anilines is 1. The molecule has 0 spiro atoms. The molecule has 0 atom stereocenters. The van der Waals surface area contributed by atoms with E-state index in [0.717, 1.165) is 4.47 Å². The largest absolute Gasteiger partial charge is 0.478 e. The SMILES string of the molecule is Cc1c(C(=O)O)cccc1-c1ccc(C=C(C#N)C(=O)Nc2ccc(Br)cc2)o1. The van der Waals surface area contributed by atoms with E-state index in [1.807, 2.05) is 6.07 Å². The second-order valence-corrected chi connectivity index (χ2v) is 7.03. The molecule has 3 rings (SSSR count). The van der Waals surface area contributed by atoms with Gasteiger partial charge in [0.2, 0.25) is 0 Å². The van der Waals surface area contributed by atoms with Crippen LogP contribution in [0.2, 0.25) is 0 Å². The summed E-state index contributed by atoms with van der Waals surface area (Å²) >= 11 is 3.32. The van der Waals surface area contributed by atoms with Crippen LogP contribution in [-0.4, -0.2) is 17.0 Å². The third kappa shape index (κ3) is 4.62. The van der Waals surface area contributed by atoms with Gasteiger partial charge in [-0.05, 0) is 55.0 Å². The Morgan fingerprint density at radius 2 is 1.86 bits per heavy atom. The molecule has 29 heavy (non-hydrogen) atoms. The Bertz CT molecular complexity index is 1150. The van der Waals surface area contributed by atoms with Gasteiger partial charge in [-0.1, -0.05) is 28.1 Å². The molecule has 0 aliphatic carbocycles. The summed E-state index contributed by atoms with van der Waals surface area (Å²) in [5.41, 5.74) is 1.81. The standard InChI is InChI=1S/C22H15BrN2O4/c1-13-18(3-2-4-19(13)22(27)28)20-10-9-17(29-20)11-14(12-24)21(26)25-16-7-5-15(23)6-8-16/h2-11H,1H3,(H,25,26)(H,27,28). The molecule has 0 aliphatic rings. The Balaban J connectivity index is 1.85. The number of hydrogen-bond acceptors (Lipinski definition) is 4. The predicted octanol–water partition coefficient (Wildman–Crippen LogP) is 5.26. The Labute approximate surface area is 175 Å². The first kappa shape index (κ1) is 20.1. The monoisotopic (exact) mass is 450 g/mol. The summed E-state index contributed by atoms with van der Waals surface area (Å²) in [5.74, 6) is -0.825. The number of nitrogens with one attached hydrogen (secondary N) is 1. The van der Waals surface area contributed by atoms with Crippen LogP contribution >= 0.6 is 15.9 Å². The van der Waals surface area contributed by atoms with Crippen molar-refractivity contribution in [3.63, 3.8) is 0 Å². The maximum Gasteiger partial charge on any atom is 0.335 e. The van der Waals surface area contributed by atoms with Crippen LogP contribution in [0.4, 0.5) is 5.69 Å². The van der Waals surface area contributed by atoms with E-state index in [0.29, 0.717) is 28.3 Å². The Morgan fingerprint density at radius 3 is 2.52 bits per heavy atom. The van der Waals surface area contributed by atoms with Gasteiger partial charge in [0.25, 0.3) is 5.91 Å². The van der Waals surface area contributed by atoms with E-state index in [-0.39, 0.29) is 11.1 Å². The fourth-order valence-corrected chi connectivity index (χ4v) is 3.00. The second-order valence-electron chi connectivity index (χ2n) is 6.12. The minimum Gasteiger partial charge on any atom is -0.478 e. The van der Waals surface area contributed by atoms with E-state index in [2.05, 4.69) is 21.2 Å². The normalized spacial score (nSPS) is 11.0. The van der Waals surface area contributed by atoms with E-state index in [9.17, 15) is 20.0 Å². The number of carboxylic acids is 1. The topological polar surface area (TPSA) is 103 Å². The Kier molecular flexibility index (Phi) is 5.96. The number of benzene rings is 2. The molecule has 3 aromatic rings. The summed E-state index contributed by atoms with van der Waals surface area (Å²) < 4.78 is 6.60. The van der Waals surface area contributed by atoms with Gasteiger partial charge in [0.15, 0.2) is 0 Å². The number of nitriles is 1. The zero-order chi connectivity index (χ0) is 21.0. The third-order valence-electron chi connectivity index (χ3n) is 4.21. The van der Waals surface area contributed by atoms with Crippen molar-refractivity contribution >= 4 is 39.6 Å². The van der Waals surface area contributed by atoms with Crippen LogP contribution in [0.15, 0.2) is 69.1 Å². The number of halogens is 1. The molecular formula is C22H15BrN2O4. The van der Waals surface area contributed by atoms with Crippen LogP contribution in [-0.2, 0) is 4.79 Å². The highest BCUT2D eigenvalue weighted by Gasteiger charge is 2.15. The Morgan fingerprint density at radius 1 is 1.14 bits per heavy atom. The highest BCUT2D eigenvalue weighted by atomic mass is 79.9. The van der Waals surface area contributed by atoms with Crippen molar-refractivity contribution in [1.29, 1.82) is 5.26 Å². The molecule has 7 heteroatoms. The smallest absolute Gasteiger partial charge is 0.335 e. The average molecular weight is 451 g/mol. The number of aromatic carboxylic acids is 1. The van der Waals surface area contributed by atoms with Crippen LogP contribution < -0.4 is 5.32 Å². The van der Waals surface area contributed by atoms with E-state index in [4.69, 9.17) is 4.42 Å². The number of carboxylic acid groups (broad SMARTS) is 1. The maximum atomic E-state index is 12.4. The van der Waals surface area contributed by atoms with E-state index in [1.54, 1.807) is 55.5 Å². The molecule has 6 nitrogen and oxygen atoms in total. The summed E-state index contributed by atoms with van der Waals surface area (Å²) in [6.07, 6.45) is 1.34. The summed E-state index contributed by atoms with van der Waals surface area (Å²) in [4.78, 5) is 23.7. The zero-order valence-corrected chi connectivity index (χ0v) is 16.9. The lowest BCUT2D eigenvalue weighted by atomic mass is 10.0. The minimum atomic E-state index is -1.02. The summed E-state index contributed by atoms with van der Waals surface area (Å²) in [6.45, 7) is 1.70. The molecule has 0 unspecified atom stereocenters. The lowest BCUT2D eigenvalue weighted by Gasteiger charge is -2.06. The van der Waals surface area contributed by atoms with Crippen molar-refractivity contribution < 1.29 is 19.1 Å². The number of rotatable bonds is 5. The number of hydrogen-bond donors (Lipinski definition) is 2. The molecule has 144 valence electrons. The fraction of sp³-hybridized carbons (Fsp3) is 0.0455. The third-order valence-corrected chi connectivity index (χ3v) is 4.74. The van der Waals surface area contributed by atoms with Crippen molar-refractivity contribution in [3.8, 4) is 17.4 Å². The van der Waals surface area contributed by atoms with Gasteiger partial charge in [0.05, 0.1) is 5.56 Å². The number of carbonyl (C=O) groups is 2. The van der Waals surface area contributed by atoms with Gasteiger partial charge in [-0.15, -0.1) is 0 Å². The quantitative estimate of drug-likeness (QED) is 0.407. The molecular weight excluding hydrogens is 436 g/mol. The lowest BCUT2D eigenvalue weighted by molar-refractivity contribution is -0.112. The average Bonchev–Trinajstić information content (AvgIpc) is 3.16. The molecule has 0 saturated carbocycles. The van der Waals surface area contributed by atoms with E-state index >= 15 is 0 Å². The van der Waals surface area contributed by atoms with Gasteiger partial charge >= 0.3 is 5.97 Å².